The van der Waals surface area contributed by atoms with Crippen LogP contribution < -0.4 is 5.32 Å². The second-order valence-corrected chi connectivity index (χ2v) is 6.72. The van der Waals surface area contributed by atoms with E-state index >= 15 is 0 Å². The van der Waals surface area contributed by atoms with E-state index in [1.165, 1.54) is 18.5 Å². The van der Waals surface area contributed by atoms with Crippen molar-refractivity contribution in [3.8, 4) is 0 Å². The van der Waals surface area contributed by atoms with Gasteiger partial charge in [-0.2, -0.15) is 23.3 Å². The fourth-order valence-electron chi connectivity index (χ4n) is 2.84. The molecule has 2 aromatic carbocycles. The Labute approximate surface area is 155 Å². The predicted octanol–water partition coefficient (Wildman–Crippen LogP) is 5.12. The number of hydrogen-bond acceptors (Lipinski definition) is 3. The molecule has 0 saturated heterocycles. The molecule has 0 amide bonds. The third-order valence-electron chi connectivity index (χ3n) is 4.14. The fourth-order valence-corrected chi connectivity index (χ4v) is 3.10. The number of hydrogen-bond donors (Lipinski definition) is 1. The summed E-state index contributed by atoms with van der Waals surface area (Å²) in [5.41, 5.74) is 1.79. The van der Waals surface area contributed by atoms with Crippen LogP contribution in [0.25, 0.3) is 5.70 Å². The van der Waals surface area contributed by atoms with Crippen molar-refractivity contribution in [1.29, 1.82) is 0 Å². The standard InChI is InChI=1S/C18H12BrF3N4/c19-14-7-3-11(4-8-14)15-9-16(26-17(25-15)23-10-24-26)12-1-5-13(6-2-12)18(20,21)22/h1-10,16H,(H,23,24,25). The Morgan fingerprint density at radius 2 is 1.69 bits per heavy atom. The molecule has 1 N–H and O–H groups in total. The first-order valence-corrected chi connectivity index (χ1v) is 8.52. The van der Waals surface area contributed by atoms with Crippen LogP contribution in [-0.4, -0.2) is 14.8 Å². The van der Waals surface area contributed by atoms with Crippen LogP contribution in [0, 0.1) is 0 Å². The van der Waals surface area contributed by atoms with Crippen LogP contribution in [0.3, 0.4) is 0 Å². The summed E-state index contributed by atoms with van der Waals surface area (Å²) >= 11 is 3.40. The summed E-state index contributed by atoms with van der Waals surface area (Å²) in [6.45, 7) is 0. The monoisotopic (exact) mass is 420 g/mol. The van der Waals surface area contributed by atoms with Gasteiger partial charge in [-0.3, -0.25) is 0 Å². The molecule has 1 unspecified atom stereocenters. The van der Waals surface area contributed by atoms with Crippen molar-refractivity contribution in [2.24, 2.45) is 0 Å². The smallest absolute Gasteiger partial charge is 0.324 e. The first-order valence-electron chi connectivity index (χ1n) is 7.73. The summed E-state index contributed by atoms with van der Waals surface area (Å²) in [5.74, 6) is 0.537. The zero-order valence-electron chi connectivity index (χ0n) is 13.2. The molecule has 8 heteroatoms. The Bertz CT molecular complexity index is 959. The SMILES string of the molecule is FC(F)(F)c1ccc(C2C=C(c3ccc(Br)cc3)Nc3ncnn32)cc1. The van der Waals surface area contributed by atoms with Crippen LogP contribution in [0.15, 0.2) is 65.4 Å². The van der Waals surface area contributed by atoms with E-state index in [2.05, 4.69) is 31.3 Å². The third kappa shape index (κ3) is 3.12. The van der Waals surface area contributed by atoms with E-state index in [0.29, 0.717) is 11.5 Å². The third-order valence-corrected chi connectivity index (χ3v) is 4.67. The molecule has 1 atom stereocenters. The van der Waals surface area contributed by atoms with E-state index in [1.54, 1.807) is 4.68 Å². The van der Waals surface area contributed by atoms with Gasteiger partial charge in [-0.05, 0) is 41.5 Å². The maximum atomic E-state index is 12.8. The molecule has 0 saturated carbocycles. The topological polar surface area (TPSA) is 42.7 Å². The Kier molecular flexibility index (Phi) is 4.07. The number of halogens is 4. The van der Waals surface area contributed by atoms with Crippen molar-refractivity contribution in [2.45, 2.75) is 12.2 Å². The lowest BCUT2D eigenvalue weighted by atomic mass is 10.0. The number of allylic oxidation sites excluding steroid dienone is 1. The van der Waals surface area contributed by atoms with E-state index < -0.39 is 11.7 Å². The zero-order valence-corrected chi connectivity index (χ0v) is 14.8. The molecule has 3 aromatic rings. The minimum absolute atomic E-state index is 0.352. The van der Waals surface area contributed by atoms with E-state index in [9.17, 15) is 13.2 Å². The second-order valence-electron chi connectivity index (χ2n) is 5.81. The number of aromatic nitrogens is 3. The molecule has 0 radical (unpaired) electrons. The molecular weight excluding hydrogens is 409 g/mol. The van der Waals surface area contributed by atoms with Crippen LogP contribution in [-0.2, 0) is 6.18 Å². The summed E-state index contributed by atoms with van der Waals surface area (Å²) in [7, 11) is 0. The average Bonchev–Trinajstić information content (AvgIpc) is 3.09. The van der Waals surface area contributed by atoms with Crippen molar-refractivity contribution in [3.63, 3.8) is 0 Å². The van der Waals surface area contributed by atoms with Gasteiger partial charge in [0.1, 0.15) is 12.4 Å². The van der Waals surface area contributed by atoms with Gasteiger partial charge in [-0.1, -0.05) is 40.2 Å². The normalized spacial score (nSPS) is 16.6. The van der Waals surface area contributed by atoms with E-state index in [1.807, 2.05) is 30.3 Å². The number of rotatable bonds is 2. The largest absolute Gasteiger partial charge is 0.416 e. The Balaban J connectivity index is 1.75. The van der Waals surface area contributed by atoms with E-state index in [4.69, 9.17) is 0 Å². The molecule has 0 spiro atoms. The van der Waals surface area contributed by atoms with Gasteiger partial charge in [0.15, 0.2) is 0 Å². The number of nitrogens with one attached hydrogen (secondary N) is 1. The van der Waals surface area contributed by atoms with Gasteiger partial charge in [0.05, 0.1) is 5.56 Å². The number of alkyl halides is 3. The Hall–Kier alpha value is -2.61. The highest BCUT2D eigenvalue weighted by Gasteiger charge is 2.31. The van der Waals surface area contributed by atoms with Gasteiger partial charge in [0, 0.05) is 10.2 Å². The summed E-state index contributed by atoms with van der Waals surface area (Å²) < 4.78 is 41.0. The quantitative estimate of drug-likeness (QED) is 0.625. The van der Waals surface area contributed by atoms with Gasteiger partial charge in [0.25, 0.3) is 0 Å². The number of fused-ring (bicyclic) bond motifs is 1. The second kappa shape index (κ2) is 6.28. The highest BCUT2D eigenvalue weighted by molar-refractivity contribution is 9.10. The molecule has 1 aliphatic heterocycles. The molecule has 26 heavy (non-hydrogen) atoms. The molecule has 0 bridgehead atoms. The number of nitrogens with zero attached hydrogens (tertiary/aromatic N) is 3. The minimum atomic E-state index is -4.36. The van der Waals surface area contributed by atoms with Crippen molar-refractivity contribution in [2.75, 3.05) is 5.32 Å². The van der Waals surface area contributed by atoms with Crippen molar-refractivity contribution in [3.05, 3.63) is 82.1 Å². The van der Waals surface area contributed by atoms with Gasteiger partial charge in [0.2, 0.25) is 5.95 Å². The number of anilines is 1. The summed E-state index contributed by atoms with van der Waals surface area (Å²) in [4.78, 5) is 4.19. The van der Waals surface area contributed by atoms with Gasteiger partial charge in [-0.15, -0.1) is 0 Å². The summed E-state index contributed by atoms with van der Waals surface area (Å²) in [5, 5.41) is 7.40. The average molecular weight is 421 g/mol. The number of benzene rings is 2. The van der Waals surface area contributed by atoms with Crippen molar-refractivity contribution in [1.82, 2.24) is 14.8 Å². The molecular formula is C18H12BrF3N4. The first kappa shape index (κ1) is 16.8. The molecule has 0 fully saturated rings. The van der Waals surface area contributed by atoms with Crippen molar-refractivity contribution < 1.29 is 13.2 Å². The molecule has 4 rings (SSSR count). The first-order chi connectivity index (χ1) is 12.4. The van der Waals surface area contributed by atoms with E-state index in [-0.39, 0.29) is 6.04 Å². The van der Waals surface area contributed by atoms with Crippen LogP contribution >= 0.6 is 15.9 Å². The van der Waals surface area contributed by atoms with Gasteiger partial charge in [-0.25, -0.2) is 4.68 Å². The maximum absolute atomic E-state index is 12.8. The molecule has 1 aromatic heterocycles. The zero-order chi connectivity index (χ0) is 18.3. The lowest BCUT2D eigenvalue weighted by Crippen LogP contribution is -2.20. The van der Waals surface area contributed by atoms with Crippen LogP contribution in [0.4, 0.5) is 19.1 Å². The lowest BCUT2D eigenvalue weighted by Gasteiger charge is -2.24. The van der Waals surface area contributed by atoms with Crippen LogP contribution in [0.5, 0.6) is 0 Å². The Morgan fingerprint density at radius 3 is 2.35 bits per heavy atom. The molecule has 2 heterocycles. The van der Waals surface area contributed by atoms with Crippen LogP contribution in [0.1, 0.15) is 22.7 Å². The molecule has 1 aliphatic rings. The maximum Gasteiger partial charge on any atom is 0.416 e. The highest BCUT2D eigenvalue weighted by Crippen LogP contribution is 2.34. The highest BCUT2D eigenvalue weighted by atomic mass is 79.9. The molecule has 0 aliphatic carbocycles. The van der Waals surface area contributed by atoms with E-state index in [0.717, 1.165) is 27.9 Å². The minimum Gasteiger partial charge on any atom is -0.324 e. The van der Waals surface area contributed by atoms with Gasteiger partial charge < -0.3 is 5.32 Å². The molecule has 4 nitrogen and oxygen atoms in total. The predicted molar refractivity (Wildman–Crippen MR) is 95.3 cm³/mol. The van der Waals surface area contributed by atoms with Crippen molar-refractivity contribution >= 4 is 27.6 Å². The molecule has 132 valence electrons. The fraction of sp³-hybridized carbons (Fsp3) is 0.111. The van der Waals surface area contributed by atoms with Crippen LogP contribution in [0.2, 0.25) is 0 Å². The Morgan fingerprint density at radius 1 is 1.00 bits per heavy atom. The van der Waals surface area contributed by atoms with Gasteiger partial charge >= 0.3 is 6.18 Å². The lowest BCUT2D eigenvalue weighted by molar-refractivity contribution is -0.137. The summed E-state index contributed by atoms with van der Waals surface area (Å²) in [6, 6.07) is 12.5. The summed E-state index contributed by atoms with van der Waals surface area (Å²) in [6.07, 6.45) is -1.02.